The van der Waals surface area contributed by atoms with E-state index >= 15 is 0 Å². The fraction of sp³-hybridized carbons (Fsp3) is 0.400. The summed E-state index contributed by atoms with van der Waals surface area (Å²) in [4.78, 5) is 0. The number of benzene rings is 1. The third-order valence-corrected chi connectivity index (χ3v) is 3.66. The first-order valence-corrected chi connectivity index (χ1v) is 7.06. The van der Waals surface area contributed by atoms with Gasteiger partial charge >= 0.3 is 0 Å². The Hall–Kier alpha value is -1.39. The second-order valence-electron chi connectivity index (χ2n) is 4.84. The maximum absolute atomic E-state index is 13.9. The van der Waals surface area contributed by atoms with E-state index in [0.29, 0.717) is 17.0 Å². The molecule has 0 saturated carbocycles. The first kappa shape index (κ1) is 15.0. The summed E-state index contributed by atoms with van der Waals surface area (Å²) in [7, 11) is 3.77. The van der Waals surface area contributed by atoms with Crippen LogP contribution in [-0.4, -0.2) is 16.8 Å². The normalized spacial score (nSPS) is 12.7. The van der Waals surface area contributed by atoms with Gasteiger partial charge in [0.25, 0.3) is 0 Å². The van der Waals surface area contributed by atoms with Gasteiger partial charge in [-0.3, -0.25) is 4.68 Å². The predicted octanol–water partition coefficient (Wildman–Crippen LogP) is 3.28. The number of nitrogens with one attached hydrogen (secondary N) is 1. The third kappa shape index (κ3) is 3.19. The minimum absolute atomic E-state index is 0.0200. The van der Waals surface area contributed by atoms with Gasteiger partial charge in [-0.25, -0.2) is 4.39 Å². The number of halogens is 2. The standard InChI is InChI=1S/C15H19ClFN3/c1-4-14-12(9-20(3)19-14)15(18-2)8-10-7-11(16)5-6-13(10)17/h5-7,9,15,18H,4,8H2,1-3H3. The van der Waals surface area contributed by atoms with Crippen LogP contribution in [0.25, 0.3) is 0 Å². The molecule has 0 aliphatic carbocycles. The molecule has 0 saturated heterocycles. The Morgan fingerprint density at radius 2 is 2.20 bits per heavy atom. The van der Waals surface area contributed by atoms with Crippen LogP contribution < -0.4 is 5.32 Å². The molecule has 0 radical (unpaired) electrons. The van der Waals surface area contributed by atoms with Crippen LogP contribution in [0.2, 0.25) is 5.02 Å². The number of aryl methyl sites for hydroxylation is 2. The lowest BCUT2D eigenvalue weighted by Gasteiger charge is -2.16. The number of hydrogen-bond acceptors (Lipinski definition) is 2. The summed E-state index contributed by atoms with van der Waals surface area (Å²) in [5.41, 5.74) is 2.76. The fourth-order valence-corrected chi connectivity index (χ4v) is 2.60. The molecular weight excluding hydrogens is 277 g/mol. The molecule has 0 fully saturated rings. The van der Waals surface area contributed by atoms with Gasteiger partial charge in [0.2, 0.25) is 0 Å². The summed E-state index contributed by atoms with van der Waals surface area (Å²) < 4.78 is 15.7. The van der Waals surface area contributed by atoms with E-state index in [-0.39, 0.29) is 11.9 Å². The molecule has 1 aromatic heterocycles. The highest BCUT2D eigenvalue weighted by Crippen LogP contribution is 2.24. The van der Waals surface area contributed by atoms with Crippen LogP contribution in [0, 0.1) is 5.82 Å². The average Bonchev–Trinajstić information content (AvgIpc) is 2.80. The van der Waals surface area contributed by atoms with Crippen LogP contribution in [0.15, 0.2) is 24.4 Å². The zero-order valence-corrected chi connectivity index (χ0v) is 12.7. The molecule has 1 unspecified atom stereocenters. The lowest BCUT2D eigenvalue weighted by Crippen LogP contribution is -2.20. The van der Waals surface area contributed by atoms with Crippen molar-refractivity contribution >= 4 is 11.6 Å². The highest BCUT2D eigenvalue weighted by atomic mass is 35.5. The summed E-state index contributed by atoms with van der Waals surface area (Å²) in [5, 5.41) is 8.23. The van der Waals surface area contributed by atoms with E-state index in [1.807, 2.05) is 20.3 Å². The molecule has 1 aromatic carbocycles. The third-order valence-electron chi connectivity index (χ3n) is 3.43. The van der Waals surface area contributed by atoms with Gasteiger partial charge in [0.1, 0.15) is 5.82 Å². The Bertz CT molecular complexity index is 595. The van der Waals surface area contributed by atoms with E-state index in [1.165, 1.54) is 6.07 Å². The van der Waals surface area contributed by atoms with Gasteiger partial charge in [0, 0.05) is 29.9 Å². The molecule has 3 nitrogen and oxygen atoms in total. The molecule has 0 spiro atoms. The SMILES string of the molecule is CCc1nn(C)cc1C(Cc1cc(Cl)ccc1F)NC. The fourth-order valence-electron chi connectivity index (χ4n) is 2.41. The van der Waals surface area contributed by atoms with Gasteiger partial charge in [0.05, 0.1) is 5.69 Å². The van der Waals surface area contributed by atoms with Crippen molar-refractivity contribution in [3.63, 3.8) is 0 Å². The first-order valence-electron chi connectivity index (χ1n) is 6.68. The Labute approximate surface area is 123 Å². The van der Waals surface area contributed by atoms with Crippen molar-refractivity contribution < 1.29 is 4.39 Å². The van der Waals surface area contributed by atoms with Crippen LogP contribution in [0.3, 0.4) is 0 Å². The smallest absolute Gasteiger partial charge is 0.126 e. The second kappa shape index (κ2) is 6.37. The number of likely N-dealkylation sites (N-methyl/N-ethyl adjacent to an activating group) is 1. The minimum atomic E-state index is -0.225. The number of hydrogen-bond donors (Lipinski definition) is 1. The highest BCUT2D eigenvalue weighted by molar-refractivity contribution is 6.30. The van der Waals surface area contributed by atoms with E-state index in [2.05, 4.69) is 17.3 Å². The number of aromatic nitrogens is 2. The van der Waals surface area contributed by atoms with Crippen LogP contribution in [0.4, 0.5) is 4.39 Å². The minimum Gasteiger partial charge on any atom is -0.313 e. The zero-order chi connectivity index (χ0) is 14.7. The van der Waals surface area contributed by atoms with Crippen LogP contribution in [0.1, 0.15) is 29.8 Å². The van der Waals surface area contributed by atoms with Gasteiger partial charge in [-0.05, 0) is 43.7 Å². The van der Waals surface area contributed by atoms with Crippen molar-refractivity contribution in [3.05, 3.63) is 52.1 Å². The summed E-state index contributed by atoms with van der Waals surface area (Å²) >= 11 is 5.95. The summed E-state index contributed by atoms with van der Waals surface area (Å²) in [6.45, 7) is 2.07. The van der Waals surface area contributed by atoms with E-state index in [0.717, 1.165) is 17.7 Å². The zero-order valence-electron chi connectivity index (χ0n) is 12.0. The topological polar surface area (TPSA) is 29.9 Å². The first-order chi connectivity index (χ1) is 9.55. The van der Waals surface area contributed by atoms with Gasteiger partial charge in [0.15, 0.2) is 0 Å². The highest BCUT2D eigenvalue weighted by Gasteiger charge is 2.18. The van der Waals surface area contributed by atoms with Crippen LogP contribution in [0.5, 0.6) is 0 Å². The lowest BCUT2D eigenvalue weighted by molar-refractivity contribution is 0.551. The molecule has 5 heteroatoms. The Morgan fingerprint density at radius 1 is 1.45 bits per heavy atom. The molecule has 1 N–H and O–H groups in total. The lowest BCUT2D eigenvalue weighted by atomic mass is 9.98. The van der Waals surface area contributed by atoms with Crippen molar-refractivity contribution in [2.24, 2.45) is 7.05 Å². The predicted molar refractivity (Wildman–Crippen MR) is 79.5 cm³/mol. The maximum Gasteiger partial charge on any atom is 0.126 e. The molecule has 108 valence electrons. The van der Waals surface area contributed by atoms with Crippen molar-refractivity contribution in [1.29, 1.82) is 0 Å². The summed E-state index contributed by atoms with van der Waals surface area (Å²) in [5.74, 6) is -0.225. The number of nitrogens with zero attached hydrogens (tertiary/aromatic N) is 2. The van der Waals surface area contributed by atoms with E-state index in [4.69, 9.17) is 11.6 Å². The maximum atomic E-state index is 13.9. The molecule has 2 rings (SSSR count). The van der Waals surface area contributed by atoms with Gasteiger partial charge in [-0.15, -0.1) is 0 Å². The van der Waals surface area contributed by atoms with Gasteiger partial charge in [-0.2, -0.15) is 5.10 Å². The molecule has 20 heavy (non-hydrogen) atoms. The Kier molecular flexibility index (Phi) is 4.78. The quantitative estimate of drug-likeness (QED) is 0.917. The molecule has 1 atom stereocenters. The van der Waals surface area contributed by atoms with E-state index in [9.17, 15) is 4.39 Å². The molecule has 0 bridgehead atoms. The monoisotopic (exact) mass is 295 g/mol. The second-order valence-corrected chi connectivity index (χ2v) is 5.28. The largest absolute Gasteiger partial charge is 0.313 e. The summed E-state index contributed by atoms with van der Waals surface area (Å²) in [6.07, 6.45) is 3.39. The molecule has 0 amide bonds. The van der Waals surface area contributed by atoms with Crippen LogP contribution >= 0.6 is 11.6 Å². The number of rotatable bonds is 5. The average molecular weight is 296 g/mol. The van der Waals surface area contributed by atoms with Crippen molar-refractivity contribution in [2.45, 2.75) is 25.8 Å². The van der Waals surface area contributed by atoms with Crippen LogP contribution in [-0.2, 0) is 19.9 Å². The van der Waals surface area contributed by atoms with Crippen molar-refractivity contribution in [3.8, 4) is 0 Å². The van der Waals surface area contributed by atoms with E-state index in [1.54, 1.807) is 16.8 Å². The molecule has 1 heterocycles. The van der Waals surface area contributed by atoms with Crippen molar-refractivity contribution in [1.82, 2.24) is 15.1 Å². The van der Waals surface area contributed by atoms with Gasteiger partial charge < -0.3 is 5.32 Å². The Balaban J connectivity index is 2.30. The molecular formula is C15H19ClFN3. The molecule has 0 aliphatic heterocycles. The Morgan fingerprint density at radius 3 is 2.85 bits per heavy atom. The van der Waals surface area contributed by atoms with Crippen molar-refractivity contribution in [2.75, 3.05) is 7.05 Å². The molecule has 0 aliphatic rings. The van der Waals surface area contributed by atoms with E-state index < -0.39 is 0 Å². The summed E-state index contributed by atoms with van der Waals surface area (Å²) in [6, 6.07) is 4.68. The van der Waals surface area contributed by atoms with Gasteiger partial charge in [-0.1, -0.05) is 18.5 Å². The molecule has 2 aromatic rings.